The Morgan fingerprint density at radius 2 is 2.23 bits per heavy atom. The number of imidazole rings is 1. The lowest BCUT2D eigenvalue weighted by molar-refractivity contribution is -0.0330. The van der Waals surface area contributed by atoms with E-state index in [1.165, 1.54) is 0 Å². The molecule has 0 aliphatic carbocycles. The number of carbonyl (C=O) groups excluding carboxylic acids is 1. The Morgan fingerprint density at radius 1 is 1.35 bits per heavy atom. The molecule has 26 heavy (non-hydrogen) atoms. The number of benzene rings is 1. The molecule has 1 fully saturated rings. The van der Waals surface area contributed by atoms with E-state index in [9.17, 15) is 4.79 Å². The first-order valence-corrected chi connectivity index (χ1v) is 8.59. The number of morpholine rings is 1. The highest BCUT2D eigenvalue weighted by atomic mass is 16.6. The van der Waals surface area contributed by atoms with Gasteiger partial charge in [-0.1, -0.05) is 24.3 Å². The fourth-order valence-corrected chi connectivity index (χ4v) is 3.00. The largest absolute Gasteiger partial charge is 0.445 e. The highest BCUT2D eigenvalue weighted by Gasteiger charge is 2.28. The SMILES string of the molecule is Cc1ccccc1COC(=O)N1CCO[C@H](c2nc3ncccc3[nH]2)C1. The van der Waals surface area contributed by atoms with Gasteiger partial charge in [0.25, 0.3) is 0 Å². The molecule has 0 bridgehead atoms. The Kier molecular flexibility index (Phi) is 4.53. The van der Waals surface area contributed by atoms with Crippen LogP contribution in [0.3, 0.4) is 0 Å². The first-order chi connectivity index (χ1) is 12.7. The number of hydrogen-bond donors (Lipinski definition) is 1. The second-order valence-corrected chi connectivity index (χ2v) is 6.28. The van der Waals surface area contributed by atoms with Crippen LogP contribution in [0.15, 0.2) is 42.6 Å². The van der Waals surface area contributed by atoms with E-state index in [2.05, 4.69) is 15.0 Å². The van der Waals surface area contributed by atoms with Crippen molar-refractivity contribution >= 4 is 17.3 Å². The Labute approximate surface area is 151 Å². The predicted molar refractivity (Wildman–Crippen MR) is 95.5 cm³/mol. The molecule has 134 valence electrons. The van der Waals surface area contributed by atoms with Crippen LogP contribution in [-0.4, -0.2) is 45.6 Å². The van der Waals surface area contributed by atoms with Crippen molar-refractivity contribution in [1.82, 2.24) is 19.9 Å². The molecule has 0 radical (unpaired) electrons. The van der Waals surface area contributed by atoms with Gasteiger partial charge in [-0.2, -0.15) is 0 Å². The van der Waals surface area contributed by atoms with Crippen LogP contribution in [0.2, 0.25) is 0 Å². The normalized spacial score (nSPS) is 17.4. The average molecular weight is 352 g/mol. The van der Waals surface area contributed by atoms with Crippen LogP contribution in [0, 0.1) is 6.92 Å². The van der Waals surface area contributed by atoms with Gasteiger partial charge >= 0.3 is 6.09 Å². The summed E-state index contributed by atoms with van der Waals surface area (Å²) >= 11 is 0. The molecule has 1 aromatic carbocycles. The molecule has 4 rings (SSSR count). The minimum Gasteiger partial charge on any atom is -0.445 e. The summed E-state index contributed by atoms with van der Waals surface area (Å²) in [6, 6.07) is 11.6. The summed E-state index contributed by atoms with van der Waals surface area (Å²) in [6.45, 7) is 3.61. The summed E-state index contributed by atoms with van der Waals surface area (Å²) in [5.41, 5.74) is 3.61. The third-order valence-electron chi connectivity index (χ3n) is 4.52. The molecule has 2 aromatic heterocycles. The zero-order chi connectivity index (χ0) is 17.9. The van der Waals surface area contributed by atoms with Crippen molar-refractivity contribution in [3.63, 3.8) is 0 Å². The Morgan fingerprint density at radius 3 is 3.08 bits per heavy atom. The van der Waals surface area contributed by atoms with Crippen LogP contribution in [0.5, 0.6) is 0 Å². The number of fused-ring (bicyclic) bond motifs is 1. The molecule has 0 unspecified atom stereocenters. The molecule has 0 spiro atoms. The maximum absolute atomic E-state index is 12.4. The number of rotatable bonds is 3. The summed E-state index contributed by atoms with van der Waals surface area (Å²) in [5.74, 6) is 0.676. The van der Waals surface area contributed by atoms with E-state index >= 15 is 0 Å². The maximum Gasteiger partial charge on any atom is 0.410 e. The van der Waals surface area contributed by atoms with Gasteiger partial charge in [0, 0.05) is 12.7 Å². The van der Waals surface area contributed by atoms with E-state index in [1.54, 1.807) is 11.1 Å². The van der Waals surface area contributed by atoms with E-state index < -0.39 is 0 Å². The van der Waals surface area contributed by atoms with Crippen LogP contribution in [-0.2, 0) is 16.1 Å². The number of amides is 1. The molecule has 7 nitrogen and oxygen atoms in total. The van der Waals surface area contributed by atoms with E-state index in [4.69, 9.17) is 9.47 Å². The van der Waals surface area contributed by atoms with Crippen LogP contribution in [0.25, 0.3) is 11.2 Å². The molecule has 1 atom stereocenters. The van der Waals surface area contributed by atoms with Crippen molar-refractivity contribution in [3.8, 4) is 0 Å². The number of carbonyl (C=O) groups is 1. The second kappa shape index (κ2) is 7.13. The number of nitrogens with one attached hydrogen (secondary N) is 1. The molecular weight excluding hydrogens is 332 g/mol. The number of ether oxygens (including phenoxy) is 2. The van der Waals surface area contributed by atoms with Crippen molar-refractivity contribution in [2.75, 3.05) is 19.7 Å². The van der Waals surface area contributed by atoms with Crippen molar-refractivity contribution in [1.29, 1.82) is 0 Å². The molecule has 1 amide bonds. The summed E-state index contributed by atoms with van der Waals surface area (Å²) in [6.07, 6.45) is 1.05. The van der Waals surface area contributed by atoms with Gasteiger partial charge < -0.3 is 19.4 Å². The Bertz CT molecular complexity index is 891. The van der Waals surface area contributed by atoms with Crippen molar-refractivity contribution < 1.29 is 14.3 Å². The van der Waals surface area contributed by atoms with Gasteiger partial charge in [-0.3, -0.25) is 0 Å². The van der Waals surface area contributed by atoms with Crippen LogP contribution >= 0.6 is 0 Å². The smallest absolute Gasteiger partial charge is 0.410 e. The van der Waals surface area contributed by atoms with Crippen LogP contribution < -0.4 is 0 Å². The minimum absolute atomic E-state index is 0.266. The number of aromatic nitrogens is 3. The monoisotopic (exact) mass is 352 g/mol. The van der Waals surface area contributed by atoms with E-state index in [1.807, 2.05) is 43.3 Å². The van der Waals surface area contributed by atoms with Gasteiger partial charge in [-0.25, -0.2) is 14.8 Å². The fraction of sp³-hybridized carbons (Fsp3) is 0.316. The van der Waals surface area contributed by atoms with Gasteiger partial charge in [-0.05, 0) is 30.2 Å². The molecule has 1 aliphatic heterocycles. The zero-order valence-corrected chi connectivity index (χ0v) is 14.5. The lowest BCUT2D eigenvalue weighted by Crippen LogP contribution is -2.42. The van der Waals surface area contributed by atoms with Crippen molar-refractivity contribution in [2.45, 2.75) is 19.6 Å². The topological polar surface area (TPSA) is 80.3 Å². The van der Waals surface area contributed by atoms with Gasteiger partial charge in [-0.15, -0.1) is 0 Å². The molecule has 7 heteroatoms. The van der Waals surface area contributed by atoms with Crippen LogP contribution in [0.1, 0.15) is 23.1 Å². The first-order valence-electron chi connectivity index (χ1n) is 8.59. The van der Waals surface area contributed by atoms with Crippen molar-refractivity contribution in [3.05, 3.63) is 59.5 Å². The zero-order valence-electron chi connectivity index (χ0n) is 14.5. The predicted octanol–water partition coefficient (Wildman–Crippen LogP) is 2.98. The molecule has 0 saturated carbocycles. The van der Waals surface area contributed by atoms with Gasteiger partial charge in [0.05, 0.1) is 18.7 Å². The Hall–Kier alpha value is -2.93. The summed E-state index contributed by atoms with van der Waals surface area (Å²) in [5, 5.41) is 0. The number of hydrogen-bond acceptors (Lipinski definition) is 5. The third kappa shape index (κ3) is 3.39. The van der Waals surface area contributed by atoms with E-state index in [-0.39, 0.29) is 18.8 Å². The molecular formula is C19H20N4O3. The molecule has 3 heterocycles. The lowest BCUT2D eigenvalue weighted by atomic mass is 10.1. The van der Waals surface area contributed by atoms with E-state index in [0.29, 0.717) is 31.2 Å². The quantitative estimate of drug-likeness (QED) is 0.784. The summed E-state index contributed by atoms with van der Waals surface area (Å²) in [7, 11) is 0. The maximum atomic E-state index is 12.4. The van der Waals surface area contributed by atoms with Crippen molar-refractivity contribution in [2.24, 2.45) is 0 Å². The number of pyridine rings is 1. The van der Waals surface area contributed by atoms with Gasteiger partial charge in [0.1, 0.15) is 18.5 Å². The Balaban J connectivity index is 1.41. The van der Waals surface area contributed by atoms with Crippen LogP contribution in [0.4, 0.5) is 4.79 Å². The third-order valence-corrected chi connectivity index (χ3v) is 4.52. The fourth-order valence-electron chi connectivity index (χ4n) is 3.00. The lowest BCUT2D eigenvalue weighted by Gasteiger charge is -2.31. The standard InChI is InChI=1S/C19H20N4O3/c1-13-5-2-3-6-14(13)12-26-19(24)23-9-10-25-16(11-23)18-21-15-7-4-8-20-17(15)22-18/h2-8,16H,9-12H2,1H3,(H,20,21,22)/t16-/m0/s1. The average Bonchev–Trinajstić information content (AvgIpc) is 3.11. The molecule has 1 saturated heterocycles. The molecule has 3 aromatic rings. The number of aryl methyl sites for hydroxylation is 1. The highest BCUT2D eigenvalue weighted by molar-refractivity contribution is 5.70. The number of H-pyrrole nitrogens is 1. The van der Waals surface area contributed by atoms with Gasteiger partial charge in [0.15, 0.2) is 5.65 Å². The first kappa shape index (κ1) is 16.5. The van der Waals surface area contributed by atoms with E-state index in [0.717, 1.165) is 16.6 Å². The summed E-state index contributed by atoms with van der Waals surface area (Å²) in [4.78, 5) is 26.0. The van der Waals surface area contributed by atoms with Gasteiger partial charge in [0.2, 0.25) is 0 Å². The minimum atomic E-state index is -0.337. The number of nitrogens with zero attached hydrogens (tertiary/aromatic N) is 3. The molecule has 1 aliphatic rings. The molecule has 1 N–H and O–H groups in total. The number of aromatic amines is 1. The highest BCUT2D eigenvalue weighted by Crippen LogP contribution is 2.22. The summed E-state index contributed by atoms with van der Waals surface area (Å²) < 4.78 is 11.3. The second-order valence-electron chi connectivity index (χ2n) is 6.28.